The molecule has 0 amide bonds. The van der Waals surface area contributed by atoms with Crippen LogP contribution >= 0.6 is 0 Å². The number of nitrogens with one attached hydrogen (secondary N) is 1. The van der Waals surface area contributed by atoms with Gasteiger partial charge in [0.15, 0.2) is 0 Å². The van der Waals surface area contributed by atoms with Crippen molar-refractivity contribution in [2.75, 3.05) is 0 Å². The van der Waals surface area contributed by atoms with E-state index in [9.17, 15) is 4.79 Å². The smallest absolute Gasteiger partial charge is 0.320 e. The molecule has 0 aliphatic rings. The molecule has 5 heteroatoms. The minimum Gasteiger partial charge on any atom is -0.480 e. The Labute approximate surface area is 94.9 Å². The average Bonchev–Trinajstić information content (AvgIpc) is 2.20. The van der Waals surface area contributed by atoms with Crippen molar-refractivity contribution in [3.63, 3.8) is 0 Å². The zero-order chi connectivity index (χ0) is 12.1. The molecule has 1 heterocycles. The van der Waals surface area contributed by atoms with Gasteiger partial charge in [-0.2, -0.15) is 0 Å². The van der Waals surface area contributed by atoms with Gasteiger partial charge in [0.2, 0.25) is 0 Å². The van der Waals surface area contributed by atoms with E-state index in [1.165, 1.54) is 0 Å². The van der Waals surface area contributed by atoms with Crippen LogP contribution in [0.15, 0.2) is 12.4 Å². The summed E-state index contributed by atoms with van der Waals surface area (Å²) in [6.45, 7) is 6.02. The summed E-state index contributed by atoms with van der Waals surface area (Å²) >= 11 is 0. The predicted molar refractivity (Wildman–Crippen MR) is 59.9 cm³/mol. The van der Waals surface area contributed by atoms with Crippen molar-refractivity contribution in [3.8, 4) is 0 Å². The summed E-state index contributed by atoms with van der Waals surface area (Å²) in [6, 6.07) is -0.540. The van der Waals surface area contributed by atoms with Crippen molar-refractivity contribution >= 4 is 5.97 Å². The minimum atomic E-state index is -0.831. The summed E-state index contributed by atoms with van der Waals surface area (Å²) in [5.41, 5.74) is 0.887. The van der Waals surface area contributed by atoms with Crippen molar-refractivity contribution in [1.82, 2.24) is 15.3 Å². The van der Waals surface area contributed by atoms with Crippen LogP contribution in [0, 0.1) is 12.8 Å². The molecule has 0 aromatic carbocycles. The first-order valence-electron chi connectivity index (χ1n) is 5.24. The van der Waals surface area contributed by atoms with E-state index in [0.29, 0.717) is 12.4 Å². The number of aliphatic carboxylic acids is 1. The standard InChI is InChI=1S/C11H17N3O2/c1-7(2)10(11(15)16)14-6-9-4-12-8(3)13-5-9/h4-5,7,10,14H,6H2,1-3H3,(H,15,16)/t10-/m1/s1. The fourth-order valence-electron chi connectivity index (χ4n) is 1.35. The first-order valence-corrected chi connectivity index (χ1v) is 5.24. The molecule has 1 atom stereocenters. The maximum absolute atomic E-state index is 10.9. The Bertz CT molecular complexity index is 349. The van der Waals surface area contributed by atoms with Crippen LogP contribution in [0.25, 0.3) is 0 Å². The van der Waals surface area contributed by atoms with Gasteiger partial charge in [-0.3, -0.25) is 10.1 Å². The van der Waals surface area contributed by atoms with Crippen molar-refractivity contribution in [3.05, 3.63) is 23.8 Å². The maximum atomic E-state index is 10.9. The molecule has 0 radical (unpaired) electrons. The predicted octanol–water partition coefficient (Wildman–Crippen LogP) is 0.984. The summed E-state index contributed by atoms with van der Waals surface area (Å²) in [5, 5.41) is 11.9. The van der Waals surface area contributed by atoms with E-state index in [2.05, 4.69) is 15.3 Å². The molecule has 5 nitrogen and oxygen atoms in total. The Hall–Kier alpha value is -1.49. The van der Waals surface area contributed by atoms with E-state index in [0.717, 1.165) is 5.56 Å². The van der Waals surface area contributed by atoms with E-state index in [4.69, 9.17) is 5.11 Å². The molecular formula is C11H17N3O2. The molecule has 0 fully saturated rings. The Morgan fingerprint density at radius 1 is 1.44 bits per heavy atom. The van der Waals surface area contributed by atoms with Crippen LogP contribution in [0.5, 0.6) is 0 Å². The first kappa shape index (κ1) is 12.6. The molecule has 0 saturated heterocycles. The molecule has 16 heavy (non-hydrogen) atoms. The van der Waals surface area contributed by atoms with Crippen molar-refractivity contribution < 1.29 is 9.90 Å². The Morgan fingerprint density at radius 3 is 2.44 bits per heavy atom. The molecule has 0 saturated carbocycles. The second-order valence-electron chi connectivity index (χ2n) is 4.08. The Balaban J connectivity index is 2.55. The molecule has 88 valence electrons. The molecule has 0 unspecified atom stereocenters. The topological polar surface area (TPSA) is 75.1 Å². The zero-order valence-electron chi connectivity index (χ0n) is 9.77. The highest BCUT2D eigenvalue weighted by Gasteiger charge is 2.20. The highest BCUT2D eigenvalue weighted by molar-refractivity contribution is 5.73. The number of carboxylic acids is 1. The van der Waals surface area contributed by atoms with Gasteiger partial charge < -0.3 is 5.11 Å². The van der Waals surface area contributed by atoms with E-state index in [1.54, 1.807) is 12.4 Å². The van der Waals surface area contributed by atoms with E-state index < -0.39 is 12.0 Å². The van der Waals surface area contributed by atoms with Gasteiger partial charge in [-0.25, -0.2) is 9.97 Å². The molecule has 0 aliphatic carbocycles. The van der Waals surface area contributed by atoms with E-state index in [1.807, 2.05) is 20.8 Å². The Morgan fingerprint density at radius 2 is 2.00 bits per heavy atom. The van der Waals surface area contributed by atoms with Gasteiger partial charge in [0.25, 0.3) is 0 Å². The lowest BCUT2D eigenvalue weighted by atomic mass is 10.0. The van der Waals surface area contributed by atoms with Gasteiger partial charge in [-0.1, -0.05) is 13.8 Å². The maximum Gasteiger partial charge on any atom is 0.320 e. The molecule has 0 bridgehead atoms. The van der Waals surface area contributed by atoms with Crippen LogP contribution in [0.1, 0.15) is 25.2 Å². The lowest BCUT2D eigenvalue weighted by Gasteiger charge is -2.17. The monoisotopic (exact) mass is 223 g/mol. The van der Waals surface area contributed by atoms with Crippen LogP contribution in [0.3, 0.4) is 0 Å². The summed E-state index contributed by atoms with van der Waals surface area (Å²) in [5.74, 6) is -0.0747. The fourth-order valence-corrected chi connectivity index (χ4v) is 1.35. The number of hydrogen-bond donors (Lipinski definition) is 2. The van der Waals surface area contributed by atoms with Gasteiger partial charge in [0, 0.05) is 24.5 Å². The molecule has 0 spiro atoms. The minimum absolute atomic E-state index is 0.0452. The molecule has 0 aliphatic heterocycles. The van der Waals surface area contributed by atoms with Gasteiger partial charge >= 0.3 is 5.97 Å². The van der Waals surface area contributed by atoms with Crippen molar-refractivity contribution in [2.24, 2.45) is 5.92 Å². The third-order valence-corrected chi connectivity index (χ3v) is 2.29. The van der Waals surface area contributed by atoms with Crippen molar-refractivity contribution in [2.45, 2.75) is 33.4 Å². The second kappa shape index (κ2) is 5.55. The first-order chi connectivity index (χ1) is 7.50. The fraction of sp³-hybridized carbons (Fsp3) is 0.545. The number of nitrogens with zero attached hydrogens (tertiary/aromatic N) is 2. The normalized spacial score (nSPS) is 12.8. The second-order valence-corrected chi connectivity index (χ2v) is 4.08. The number of aromatic nitrogens is 2. The highest BCUT2D eigenvalue weighted by Crippen LogP contribution is 2.03. The van der Waals surface area contributed by atoms with Crippen LogP contribution in [-0.2, 0) is 11.3 Å². The number of carboxylic acid groups (broad SMARTS) is 1. The zero-order valence-corrected chi connectivity index (χ0v) is 9.77. The number of aryl methyl sites for hydroxylation is 1. The summed E-state index contributed by atoms with van der Waals surface area (Å²) in [4.78, 5) is 19.0. The third kappa shape index (κ3) is 3.58. The number of rotatable bonds is 5. The lowest BCUT2D eigenvalue weighted by molar-refractivity contribution is -0.140. The van der Waals surface area contributed by atoms with Crippen LogP contribution in [-0.4, -0.2) is 27.1 Å². The van der Waals surface area contributed by atoms with Gasteiger partial charge in [0.05, 0.1) is 0 Å². The van der Waals surface area contributed by atoms with Gasteiger partial charge in [0.1, 0.15) is 11.9 Å². The highest BCUT2D eigenvalue weighted by atomic mass is 16.4. The summed E-state index contributed by atoms with van der Waals surface area (Å²) in [7, 11) is 0. The van der Waals surface area contributed by atoms with Crippen LogP contribution in [0.2, 0.25) is 0 Å². The van der Waals surface area contributed by atoms with Gasteiger partial charge in [-0.05, 0) is 12.8 Å². The van der Waals surface area contributed by atoms with Crippen LogP contribution < -0.4 is 5.32 Å². The summed E-state index contributed by atoms with van der Waals surface area (Å²) < 4.78 is 0. The SMILES string of the molecule is Cc1ncc(CN[C@@H](C(=O)O)C(C)C)cn1. The third-order valence-electron chi connectivity index (χ3n) is 2.29. The largest absolute Gasteiger partial charge is 0.480 e. The van der Waals surface area contributed by atoms with Gasteiger partial charge in [-0.15, -0.1) is 0 Å². The molecule has 1 rings (SSSR count). The summed E-state index contributed by atoms with van der Waals surface area (Å²) in [6.07, 6.45) is 3.41. The average molecular weight is 223 g/mol. The molecule has 2 N–H and O–H groups in total. The van der Waals surface area contributed by atoms with E-state index in [-0.39, 0.29) is 5.92 Å². The quantitative estimate of drug-likeness (QED) is 0.778. The number of carbonyl (C=O) groups is 1. The Kier molecular flexibility index (Phi) is 4.37. The van der Waals surface area contributed by atoms with E-state index >= 15 is 0 Å². The molecule has 1 aromatic rings. The number of hydrogen-bond acceptors (Lipinski definition) is 4. The van der Waals surface area contributed by atoms with Crippen LogP contribution in [0.4, 0.5) is 0 Å². The lowest BCUT2D eigenvalue weighted by Crippen LogP contribution is -2.40. The molecular weight excluding hydrogens is 206 g/mol. The molecule has 1 aromatic heterocycles. The van der Waals surface area contributed by atoms with Crippen molar-refractivity contribution in [1.29, 1.82) is 0 Å².